The van der Waals surface area contributed by atoms with E-state index in [9.17, 15) is 4.79 Å². The molecule has 0 saturated carbocycles. The largest absolute Gasteiger partial charge is 0.381 e. The first kappa shape index (κ1) is 21.8. The second-order valence-corrected chi connectivity index (χ2v) is 9.42. The van der Waals surface area contributed by atoms with Crippen LogP contribution in [0.15, 0.2) is 30.3 Å². The fourth-order valence-electron chi connectivity index (χ4n) is 5.15. The molecule has 0 unspecified atom stereocenters. The smallest absolute Gasteiger partial charge is 0.233 e. The lowest BCUT2D eigenvalue weighted by atomic mass is 9.71. The molecule has 2 saturated heterocycles. The molecule has 2 aromatic rings. The maximum absolute atomic E-state index is 14.1. The van der Waals surface area contributed by atoms with Gasteiger partial charge in [0.25, 0.3) is 0 Å². The van der Waals surface area contributed by atoms with Crippen molar-refractivity contribution >= 4 is 11.7 Å². The Labute approximate surface area is 185 Å². The van der Waals surface area contributed by atoms with E-state index in [2.05, 4.69) is 48.3 Å². The van der Waals surface area contributed by atoms with Gasteiger partial charge in [-0.2, -0.15) is 0 Å². The van der Waals surface area contributed by atoms with E-state index in [4.69, 9.17) is 14.7 Å². The number of anilines is 1. The summed E-state index contributed by atoms with van der Waals surface area (Å²) in [5.41, 5.74) is 2.49. The number of carbonyl (C=O) groups excluding carboxylic acids is 1. The van der Waals surface area contributed by atoms with E-state index in [-0.39, 0.29) is 11.3 Å². The van der Waals surface area contributed by atoms with Crippen molar-refractivity contribution < 1.29 is 9.53 Å². The van der Waals surface area contributed by atoms with E-state index >= 15 is 0 Å². The van der Waals surface area contributed by atoms with Crippen molar-refractivity contribution in [1.82, 2.24) is 14.9 Å². The van der Waals surface area contributed by atoms with E-state index < -0.39 is 5.41 Å². The highest BCUT2D eigenvalue weighted by Crippen LogP contribution is 2.40. The molecule has 1 amide bonds. The molecule has 0 spiro atoms. The number of likely N-dealkylation sites (tertiary alicyclic amines) is 1. The lowest BCUT2D eigenvalue weighted by molar-refractivity contribution is -0.143. The molecule has 0 aliphatic carbocycles. The Morgan fingerprint density at radius 1 is 1.13 bits per heavy atom. The van der Waals surface area contributed by atoms with Gasteiger partial charge in [0.2, 0.25) is 5.91 Å². The predicted molar refractivity (Wildman–Crippen MR) is 122 cm³/mol. The molecule has 3 heterocycles. The Balaban J connectivity index is 1.66. The highest BCUT2D eigenvalue weighted by Gasteiger charge is 2.47. The molecule has 2 aliphatic rings. The van der Waals surface area contributed by atoms with Gasteiger partial charge < -0.3 is 15.0 Å². The van der Waals surface area contributed by atoms with E-state index in [1.807, 2.05) is 20.0 Å². The second-order valence-electron chi connectivity index (χ2n) is 9.42. The van der Waals surface area contributed by atoms with Crippen LogP contribution in [0.1, 0.15) is 55.3 Å². The van der Waals surface area contributed by atoms with Crippen molar-refractivity contribution in [3.05, 3.63) is 53.0 Å². The third kappa shape index (κ3) is 4.18. The van der Waals surface area contributed by atoms with Crippen LogP contribution >= 0.6 is 0 Å². The fraction of sp³-hybridized carbons (Fsp3) is 0.560. The SMILES string of the molecule is CNc1cc(C)nc([C@]2(C)CCCN(C(=O)C3(c4cccc(C)c4)CCOCC3)C2)n1. The van der Waals surface area contributed by atoms with Crippen molar-refractivity contribution in [1.29, 1.82) is 0 Å². The molecule has 1 atom stereocenters. The molecular formula is C25H34N4O2. The van der Waals surface area contributed by atoms with Gasteiger partial charge >= 0.3 is 0 Å². The van der Waals surface area contributed by atoms with Crippen molar-refractivity contribution in [2.45, 2.75) is 57.3 Å². The zero-order valence-electron chi connectivity index (χ0n) is 19.2. The van der Waals surface area contributed by atoms with Crippen molar-refractivity contribution in [2.24, 2.45) is 0 Å². The number of aromatic nitrogens is 2. The highest BCUT2D eigenvalue weighted by atomic mass is 16.5. The van der Waals surface area contributed by atoms with Crippen LogP contribution in [-0.2, 0) is 20.4 Å². The van der Waals surface area contributed by atoms with Crippen LogP contribution in [0.4, 0.5) is 5.82 Å². The Hall–Kier alpha value is -2.47. The molecule has 2 aliphatic heterocycles. The number of nitrogens with one attached hydrogen (secondary N) is 1. The minimum atomic E-state index is -0.508. The van der Waals surface area contributed by atoms with Crippen molar-refractivity contribution in [2.75, 3.05) is 38.7 Å². The molecular weight excluding hydrogens is 388 g/mol. The molecule has 166 valence electrons. The third-order valence-corrected chi connectivity index (χ3v) is 6.96. The zero-order chi connectivity index (χ0) is 22.1. The number of carbonyl (C=O) groups is 1. The molecule has 1 N–H and O–H groups in total. The number of ether oxygens (including phenoxy) is 1. The molecule has 1 aromatic carbocycles. The quantitative estimate of drug-likeness (QED) is 0.813. The number of piperidine rings is 1. The second kappa shape index (κ2) is 8.58. The first-order valence-corrected chi connectivity index (χ1v) is 11.3. The van der Waals surface area contributed by atoms with E-state index in [1.165, 1.54) is 5.56 Å². The Morgan fingerprint density at radius 2 is 1.90 bits per heavy atom. The van der Waals surface area contributed by atoms with Crippen molar-refractivity contribution in [3.8, 4) is 0 Å². The lowest BCUT2D eigenvalue weighted by Gasteiger charge is -2.45. The number of amides is 1. The number of hydrogen-bond acceptors (Lipinski definition) is 5. The summed E-state index contributed by atoms with van der Waals surface area (Å²) in [7, 11) is 1.88. The average Bonchev–Trinajstić information content (AvgIpc) is 2.78. The normalized spacial score (nSPS) is 23.4. The molecule has 6 nitrogen and oxygen atoms in total. The van der Waals surface area contributed by atoms with Crippen LogP contribution in [0.3, 0.4) is 0 Å². The molecule has 6 heteroatoms. The summed E-state index contributed by atoms with van der Waals surface area (Å²) in [6, 6.07) is 10.4. The van der Waals surface area contributed by atoms with Crippen LogP contribution in [0.2, 0.25) is 0 Å². The maximum atomic E-state index is 14.1. The van der Waals surface area contributed by atoms with Crippen LogP contribution < -0.4 is 5.32 Å². The third-order valence-electron chi connectivity index (χ3n) is 6.96. The summed E-state index contributed by atoms with van der Waals surface area (Å²) >= 11 is 0. The van der Waals surface area contributed by atoms with Crippen molar-refractivity contribution in [3.63, 3.8) is 0 Å². The highest BCUT2D eigenvalue weighted by molar-refractivity contribution is 5.88. The number of hydrogen-bond donors (Lipinski definition) is 1. The first-order valence-electron chi connectivity index (χ1n) is 11.3. The number of rotatable bonds is 4. The average molecular weight is 423 g/mol. The number of benzene rings is 1. The lowest BCUT2D eigenvalue weighted by Crippen LogP contribution is -2.55. The summed E-state index contributed by atoms with van der Waals surface area (Å²) < 4.78 is 5.67. The predicted octanol–water partition coefficient (Wildman–Crippen LogP) is 3.76. The molecule has 4 rings (SSSR count). The molecule has 0 radical (unpaired) electrons. The van der Waals surface area contributed by atoms with Gasteiger partial charge in [0.15, 0.2) is 0 Å². The monoisotopic (exact) mass is 422 g/mol. The van der Waals surface area contributed by atoms with Crippen LogP contribution in [-0.4, -0.2) is 54.1 Å². The van der Waals surface area contributed by atoms with Gasteiger partial charge in [0.1, 0.15) is 11.6 Å². The summed E-state index contributed by atoms with van der Waals surface area (Å²) in [5.74, 6) is 1.88. The summed E-state index contributed by atoms with van der Waals surface area (Å²) in [6.45, 7) is 8.96. The van der Waals surface area contributed by atoms with E-state index in [1.54, 1.807) is 0 Å². The summed E-state index contributed by atoms with van der Waals surface area (Å²) in [5, 5.41) is 3.14. The van der Waals surface area contributed by atoms with Gasteiger partial charge in [-0.3, -0.25) is 4.79 Å². The fourth-order valence-corrected chi connectivity index (χ4v) is 5.15. The van der Waals surface area contributed by atoms with Gasteiger partial charge in [0, 0.05) is 50.5 Å². The van der Waals surface area contributed by atoms with Crippen LogP contribution in [0, 0.1) is 13.8 Å². The molecule has 1 aromatic heterocycles. The minimum Gasteiger partial charge on any atom is -0.381 e. The standard InChI is InChI=1S/C25H34N4O2/c1-18-7-5-8-20(15-18)25(10-13-31-14-11-25)23(30)29-12-6-9-24(3,17-29)22-27-19(2)16-21(26-4)28-22/h5,7-8,15-16H,6,9-14,17H2,1-4H3,(H,26,27,28)/t24-/m1/s1. The summed E-state index contributed by atoms with van der Waals surface area (Å²) in [6.07, 6.45) is 3.39. The van der Waals surface area contributed by atoms with Gasteiger partial charge in [0.05, 0.1) is 5.41 Å². The van der Waals surface area contributed by atoms with Gasteiger partial charge in [-0.1, -0.05) is 36.8 Å². The summed E-state index contributed by atoms with van der Waals surface area (Å²) in [4.78, 5) is 25.7. The zero-order valence-corrected chi connectivity index (χ0v) is 19.2. The number of nitrogens with zero attached hydrogens (tertiary/aromatic N) is 3. The van der Waals surface area contributed by atoms with Gasteiger partial charge in [-0.25, -0.2) is 9.97 Å². The minimum absolute atomic E-state index is 0.230. The van der Waals surface area contributed by atoms with E-state index in [0.717, 1.165) is 55.1 Å². The topological polar surface area (TPSA) is 67.4 Å². The molecule has 31 heavy (non-hydrogen) atoms. The number of aryl methyl sites for hydroxylation is 2. The molecule has 0 bridgehead atoms. The molecule has 2 fully saturated rings. The Kier molecular flexibility index (Phi) is 6.02. The van der Waals surface area contributed by atoms with Gasteiger partial charge in [-0.15, -0.1) is 0 Å². The first-order chi connectivity index (χ1) is 14.9. The van der Waals surface area contributed by atoms with Crippen LogP contribution in [0.25, 0.3) is 0 Å². The van der Waals surface area contributed by atoms with Gasteiger partial charge in [-0.05, 0) is 45.1 Å². The maximum Gasteiger partial charge on any atom is 0.233 e. The Bertz CT molecular complexity index is 954. The Morgan fingerprint density at radius 3 is 2.61 bits per heavy atom. The van der Waals surface area contributed by atoms with Crippen LogP contribution in [0.5, 0.6) is 0 Å². The van der Waals surface area contributed by atoms with E-state index in [0.29, 0.717) is 19.8 Å².